The monoisotopic (exact) mass is 472 g/mol. The quantitative estimate of drug-likeness (QED) is 0.509. The number of carbonyl (C=O) groups excluding carboxylic acids is 2. The molecule has 2 amide bonds. The molecule has 2 aromatic carbocycles. The molecule has 6 nitrogen and oxygen atoms in total. The molecule has 3 aromatic rings. The second-order valence-electron chi connectivity index (χ2n) is 8.41. The Balaban J connectivity index is 1.85. The molecule has 0 aliphatic heterocycles. The zero-order chi connectivity index (χ0) is 23.5. The molecule has 0 saturated carbocycles. The number of amides is 2. The lowest BCUT2D eigenvalue weighted by atomic mass is 9.92. The lowest BCUT2D eigenvalue weighted by molar-refractivity contribution is -0.116. The number of rotatable bonds is 6. The Morgan fingerprint density at radius 1 is 1.06 bits per heavy atom. The average Bonchev–Trinajstić information content (AvgIpc) is 3.15. The van der Waals surface area contributed by atoms with Crippen LogP contribution in [0.3, 0.4) is 0 Å². The molecule has 168 valence electrons. The van der Waals surface area contributed by atoms with Crippen LogP contribution >= 0.6 is 23.2 Å². The Morgan fingerprint density at radius 3 is 2.41 bits per heavy atom. The number of nitrogens with one attached hydrogen (secondary N) is 1. The Bertz CT molecular complexity index is 1140. The van der Waals surface area contributed by atoms with E-state index in [0.717, 1.165) is 5.69 Å². The van der Waals surface area contributed by atoms with Crippen LogP contribution in [-0.4, -0.2) is 39.6 Å². The maximum absolute atomic E-state index is 12.9. The summed E-state index contributed by atoms with van der Waals surface area (Å²) in [6.07, 6.45) is 0. The molecule has 1 aromatic heterocycles. The largest absolute Gasteiger partial charge is 0.330 e. The highest BCUT2D eigenvalue weighted by Crippen LogP contribution is 2.29. The molecule has 8 heteroatoms. The standard InChI is InChI=1S/C24H26Cl2N4O2/c1-5-29(23(32)16-9-8-10-17(25)13-16)15-22(31)27-21-14-20(24(2,3)4)28-30(21)19-12-7-6-11-18(19)26/h6-14H,5,15H2,1-4H3,(H,27,31). The van der Waals surface area contributed by atoms with Gasteiger partial charge in [-0.25, -0.2) is 4.68 Å². The Hall–Kier alpha value is -2.83. The number of nitrogens with zero attached hydrogens (tertiary/aromatic N) is 3. The highest BCUT2D eigenvalue weighted by Gasteiger charge is 2.23. The molecule has 1 heterocycles. The molecule has 0 bridgehead atoms. The van der Waals surface area contributed by atoms with E-state index in [-0.39, 0.29) is 23.8 Å². The molecular formula is C24H26Cl2N4O2. The van der Waals surface area contributed by atoms with Crippen LogP contribution in [0.1, 0.15) is 43.7 Å². The number of halogens is 2. The summed E-state index contributed by atoms with van der Waals surface area (Å²) in [5, 5.41) is 8.55. The van der Waals surface area contributed by atoms with Crippen LogP contribution in [0.5, 0.6) is 0 Å². The first kappa shape index (κ1) is 23.8. The molecule has 0 radical (unpaired) electrons. The number of likely N-dealkylation sites (N-methyl/N-ethyl adjacent to an activating group) is 1. The van der Waals surface area contributed by atoms with E-state index in [4.69, 9.17) is 23.2 Å². The van der Waals surface area contributed by atoms with E-state index in [1.165, 1.54) is 4.90 Å². The summed E-state index contributed by atoms with van der Waals surface area (Å²) < 4.78 is 1.62. The molecule has 0 unspecified atom stereocenters. The van der Waals surface area contributed by atoms with Gasteiger partial charge in [-0.2, -0.15) is 5.10 Å². The van der Waals surface area contributed by atoms with Crippen molar-refractivity contribution in [1.82, 2.24) is 14.7 Å². The molecule has 0 saturated heterocycles. The number of aromatic nitrogens is 2. The molecule has 0 atom stereocenters. The molecule has 1 N–H and O–H groups in total. The number of para-hydroxylation sites is 1. The van der Waals surface area contributed by atoms with Crippen molar-refractivity contribution in [3.63, 3.8) is 0 Å². The summed E-state index contributed by atoms with van der Waals surface area (Å²) >= 11 is 12.4. The van der Waals surface area contributed by atoms with E-state index in [1.54, 1.807) is 35.0 Å². The van der Waals surface area contributed by atoms with Crippen LogP contribution in [0.2, 0.25) is 10.0 Å². The van der Waals surface area contributed by atoms with E-state index in [2.05, 4.69) is 10.4 Å². The van der Waals surface area contributed by atoms with Crippen LogP contribution in [0.15, 0.2) is 54.6 Å². The van der Waals surface area contributed by atoms with Crippen LogP contribution in [0, 0.1) is 0 Å². The van der Waals surface area contributed by atoms with Crippen molar-refractivity contribution in [3.8, 4) is 5.69 Å². The minimum atomic E-state index is -0.337. The van der Waals surface area contributed by atoms with Crippen LogP contribution < -0.4 is 5.32 Å². The fraction of sp³-hybridized carbons (Fsp3) is 0.292. The first-order chi connectivity index (χ1) is 15.1. The van der Waals surface area contributed by atoms with Gasteiger partial charge < -0.3 is 10.2 Å². The average molecular weight is 473 g/mol. The molecule has 32 heavy (non-hydrogen) atoms. The van der Waals surface area contributed by atoms with Gasteiger partial charge in [-0.3, -0.25) is 9.59 Å². The second kappa shape index (κ2) is 9.76. The molecular weight excluding hydrogens is 447 g/mol. The Kier molecular flexibility index (Phi) is 7.26. The Labute approximate surface area is 198 Å². The highest BCUT2D eigenvalue weighted by atomic mass is 35.5. The summed E-state index contributed by atoms with van der Waals surface area (Å²) in [5.74, 6) is -0.115. The summed E-state index contributed by atoms with van der Waals surface area (Å²) in [6.45, 7) is 8.21. The van der Waals surface area contributed by atoms with Crippen molar-refractivity contribution in [2.24, 2.45) is 0 Å². The van der Waals surface area contributed by atoms with Gasteiger partial charge in [0.15, 0.2) is 0 Å². The third kappa shape index (κ3) is 5.50. The highest BCUT2D eigenvalue weighted by molar-refractivity contribution is 6.32. The number of carbonyl (C=O) groups is 2. The Morgan fingerprint density at radius 2 is 1.78 bits per heavy atom. The fourth-order valence-electron chi connectivity index (χ4n) is 3.13. The van der Waals surface area contributed by atoms with Gasteiger partial charge in [0.1, 0.15) is 12.4 Å². The number of benzene rings is 2. The lowest BCUT2D eigenvalue weighted by Gasteiger charge is -2.20. The fourth-order valence-corrected chi connectivity index (χ4v) is 3.54. The maximum atomic E-state index is 12.9. The minimum absolute atomic E-state index is 0.111. The van der Waals surface area contributed by atoms with Gasteiger partial charge in [-0.1, -0.05) is 62.2 Å². The van der Waals surface area contributed by atoms with E-state index in [0.29, 0.717) is 33.7 Å². The van der Waals surface area contributed by atoms with Crippen LogP contribution in [0.4, 0.5) is 5.82 Å². The minimum Gasteiger partial charge on any atom is -0.330 e. The zero-order valence-corrected chi connectivity index (χ0v) is 20.0. The van der Waals surface area contributed by atoms with Crippen molar-refractivity contribution >= 4 is 40.8 Å². The molecule has 0 aliphatic rings. The van der Waals surface area contributed by atoms with E-state index in [1.807, 2.05) is 52.0 Å². The van der Waals surface area contributed by atoms with Gasteiger partial charge in [-0.15, -0.1) is 0 Å². The molecule has 0 spiro atoms. The maximum Gasteiger partial charge on any atom is 0.254 e. The topological polar surface area (TPSA) is 67.2 Å². The first-order valence-electron chi connectivity index (χ1n) is 10.3. The zero-order valence-electron chi connectivity index (χ0n) is 18.5. The van der Waals surface area contributed by atoms with Crippen molar-refractivity contribution in [1.29, 1.82) is 0 Å². The normalized spacial score (nSPS) is 11.3. The van der Waals surface area contributed by atoms with Gasteiger partial charge in [-0.05, 0) is 37.3 Å². The van der Waals surface area contributed by atoms with E-state index in [9.17, 15) is 9.59 Å². The predicted octanol–water partition coefficient (Wildman–Crippen LogP) is 5.58. The van der Waals surface area contributed by atoms with E-state index < -0.39 is 0 Å². The number of anilines is 1. The van der Waals surface area contributed by atoms with Crippen LogP contribution in [0.25, 0.3) is 5.69 Å². The van der Waals surface area contributed by atoms with Gasteiger partial charge in [0.25, 0.3) is 5.91 Å². The third-order valence-corrected chi connectivity index (χ3v) is 5.46. The summed E-state index contributed by atoms with van der Waals surface area (Å²) in [7, 11) is 0. The van der Waals surface area contributed by atoms with E-state index >= 15 is 0 Å². The SMILES string of the molecule is CCN(CC(=O)Nc1cc(C(C)(C)C)nn1-c1ccccc1Cl)C(=O)c1cccc(Cl)c1. The summed E-state index contributed by atoms with van der Waals surface area (Å²) in [4.78, 5) is 27.2. The van der Waals surface area contributed by atoms with Crippen LogP contribution in [-0.2, 0) is 10.2 Å². The van der Waals surface area contributed by atoms with Crippen molar-refractivity contribution in [3.05, 3.63) is 75.9 Å². The second-order valence-corrected chi connectivity index (χ2v) is 9.25. The van der Waals surface area contributed by atoms with Gasteiger partial charge in [0, 0.05) is 28.6 Å². The predicted molar refractivity (Wildman–Crippen MR) is 129 cm³/mol. The number of hydrogen-bond acceptors (Lipinski definition) is 3. The third-order valence-electron chi connectivity index (χ3n) is 4.90. The van der Waals surface area contributed by atoms with Gasteiger partial charge in [0.05, 0.1) is 16.4 Å². The summed E-state index contributed by atoms with van der Waals surface area (Å²) in [5.41, 5.74) is 1.66. The van der Waals surface area contributed by atoms with Gasteiger partial charge in [0.2, 0.25) is 5.91 Å². The first-order valence-corrected chi connectivity index (χ1v) is 11.1. The van der Waals surface area contributed by atoms with Gasteiger partial charge >= 0.3 is 0 Å². The molecule has 3 rings (SSSR count). The lowest BCUT2D eigenvalue weighted by Crippen LogP contribution is -2.38. The van der Waals surface area contributed by atoms with Crippen molar-refractivity contribution in [2.45, 2.75) is 33.1 Å². The number of hydrogen-bond donors (Lipinski definition) is 1. The smallest absolute Gasteiger partial charge is 0.254 e. The van der Waals surface area contributed by atoms with Crippen molar-refractivity contribution < 1.29 is 9.59 Å². The molecule has 0 fully saturated rings. The summed E-state index contributed by atoms with van der Waals surface area (Å²) in [6, 6.07) is 15.8. The molecule has 0 aliphatic carbocycles. The van der Waals surface area contributed by atoms with Crippen molar-refractivity contribution in [2.75, 3.05) is 18.4 Å².